The lowest BCUT2D eigenvalue weighted by atomic mass is 10.0. The van der Waals surface area contributed by atoms with Crippen molar-refractivity contribution in [1.82, 2.24) is 0 Å². The molecule has 1 fully saturated rings. The Labute approximate surface area is 188 Å². The first-order valence-corrected chi connectivity index (χ1v) is 11.1. The molecule has 2 aliphatic heterocycles. The van der Waals surface area contributed by atoms with Crippen molar-refractivity contribution >= 4 is 46.6 Å². The Balaban J connectivity index is 1.67. The van der Waals surface area contributed by atoms with Gasteiger partial charge in [-0.3, -0.25) is 14.5 Å². The van der Waals surface area contributed by atoms with E-state index in [0.717, 1.165) is 16.8 Å². The van der Waals surface area contributed by atoms with Crippen molar-refractivity contribution in [2.45, 2.75) is 23.6 Å². The van der Waals surface area contributed by atoms with Crippen LogP contribution in [0.5, 0.6) is 0 Å². The molecule has 3 aromatic carbocycles. The molecule has 7 heteroatoms. The molecule has 0 radical (unpaired) electrons. The van der Waals surface area contributed by atoms with Crippen LogP contribution in [0.1, 0.15) is 18.1 Å². The second-order valence-corrected chi connectivity index (χ2v) is 9.49. The van der Waals surface area contributed by atoms with Gasteiger partial charge in [-0.15, -0.1) is 11.8 Å². The number of carbonyl (C=O) groups is 2. The number of carbonyl (C=O) groups excluding carboxylic acids is 2. The smallest absolute Gasteiger partial charge is 0.269 e. The van der Waals surface area contributed by atoms with E-state index in [9.17, 15) is 14.0 Å². The lowest BCUT2D eigenvalue weighted by Crippen LogP contribution is -2.49. The van der Waals surface area contributed by atoms with Gasteiger partial charge in [-0.25, -0.2) is 4.39 Å². The summed E-state index contributed by atoms with van der Waals surface area (Å²) in [6.07, 6.45) is 0. The highest BCUT2D eigenvalue weighted by atomic mass is 35.5. The highest BCUT2D eigenvalue weighted by Gasteiger charge is 2.63. The molecule has 2 aliphatic rings. The molecule has 0 aromatic heterocycles. The minimum Gasteiger partial charge on any atom is -0.304 e. The number of thioether (sulfide) groups is 1. The average molecular weight is 453 g/mol. The Hall–Kier alpha value is -2.83. The van der Waals surface area contributed by atoms with Crippen LogP contribution in [0.15, 0.2) is 72.8 Å². The van der Waals surface area contributed by atoms with Crippen molar-refractivity contribution in [3.05, 3.63) is 94.8 Å². The maximum atomic E-state index is 14.0. The molecule has 1 saturated heterocycles. The molecule has 5 rings (SSSR count). The van der Waals surface area contributed by atoms with Crippen LogP contribution < -0.4 is 9.80 Å². The van der Waals surface area contributed by atoms with E-state index in [2.05, 4.69) is 0 Å². The summed E-state index contributed by atoms with van der Waals surface area (Å²) in [5, 5.41) is 0.148. The van der Waals surface area contributed by atoms with Gasteiger partial charge in [0, 0.05) is 16.3 Å². The van der Waals surface area contributed by atoms with Gasteiger partial charge in [0.05, 0.1) is 17.5 Å². The summed E-state index contributed by atoms with van der Waals surface area (Å²) in [6.45, 7) is 2.09. The van der Waals surface area contributed by atoms with Gasteiger partial charge in [-0.1, -0.05) is 48.0 Å². The number of para-hydroxylation sites is 1. The van der Waals surface area contributed by atoms with Gasteiger partial charge in [0.1, 0.15) is 5.82 Å². The topological polar surface area (TPSA) is 40.6 Å². The predicted molar refractivity (Wildman–Crippen MR) is 122 cm³/mol. The molecule has 0 unspecified atom stereocenters. The number of halogens is 2. The maximum absolute atomic E-state index is 14.0. The molecule has 2 amide bonds. The molecule has 156 valence electrons. The summed E-state index contributed by atoms with van der Waals surface area (Å²) in [5.41, 5.74) is 2.80. The van der Waals surface area contributed by atoms with E-state index in [1.165, 1.54) is 28.8 Å². The van der Waals surface area contributed by atoms with Crippen LogP contribution in [0, 0.1) is 5.82 Å². The van der Waals surface area contributed by atoms with E-state index in [0.29, 0.717) is 10.7 Å². The predicted octanol–water partition coefficient (Wildman–Crippen LogP) is 5.35. The lowest BCUT2D eigenvalue weighted by Gasteiger charge is -2.33. The van der Waals surface area contributed by atoms with E-state index in [4.69, 9.17) is 11.6 Å². The fourth-order valence-corrected chi connectivity index (χ4v) is 6.01. The van der Waals surface area contributed by atoms with Gasteiger partial charge in [0.2, 0.25) is 10.8 Å². The Morgan fingerprint density at radius 2 is 1.68 bits per heavy atom. The first-order chi connectivity index (χ1) is 14.9. The van der Waals surface area contributed by atoms with Crippen LogP contribution in [0.25, 0.3) is 0 Å². The van der Waals surface area contributed by atoms with Gasteiger partial charge in [-0.2, -0.15) is 0 Å². The Bertz CT molecular complexity index is 1200. The van der Waals surface area contributed by atoms with Gasteiger partial charge in [0.25, 0.3) is 5.91 Å². The minimum atomic E-state index is -1.24. The van der Waals surface area contributed by atoms with Crippen molar-refractivity contribution in [2.75, 3.05) is 9.80 Å². The summed E-state index contributed by atoms with van der Waals surface area (Å²) in [5.74, 6) is -0.788. The normalized spacial score (nSPS) is 22.5. The van der Waals surface area contributed by atoms with Crippen LogP contribution in [0.2, 0.25) is 5.02 Å². The van der Waals surface area contributed by atoms with Crippen molar-refractivity contribution in [2.24, 2.45) is 0 Å². The first-order valence-electron chi connectivity index (χ1n) is 9.86. The monoisotopic (exact) mass is 452 g/mol. The summed E-state index contributed by atoms with van der Waals surface area (Å²) in [6, 6.07) is 20.6. The SMILES string of the molecule is C[C@H]1S[C@@]2(C(=O)N(Cc3ccccc3Cl)c3ccccc32)N(c2ccc(F)cc2)C1=O. The Kier molecular flexibility index (Phi) is 4.79. The van der Waals surface area contributed by atoms with Crippen LogP contribution in [-0.4, -0.2) is 17.1 Å². The van der Waals surface area contributed by atoms with Gasteiger partial charge in [0.15, 0.2) is 0 Å². The highest BCUT2D eigenvalue weighted by molar-refractivity contribution is 8.03. The summed E-state index contributed by atoms with van der Waals surface area (Å²) >= 11 is 7.69. The molecule has 1 spiro atoms. The van der Waals surface area contributed by atoms with Crippen LogP contribution >= 0.6 is 23.4 Å². The zero-order valence-electron chi connectivity index (χ0n) is 16.6. The highest BCUT2D eigenvalue weighted by Crippen LogP contribution is 2.58. The number of fused-ring (bicyclic) bond motifs is 2. The van der Waals surface area contributed by atoms with Crippen molar-refractivity contribution in [1.29, 1.82) is 0 Å². The van der Waals surface area contributed by atoms with E-state index >= 15 is 0 Å². The van der Waals surface area contributed by atoms with E-state index in [1.807, 2.05) is 42.5 Å². The molecule has 0 bridgehead atoms. The number of nitrogens with zero attached hydrogens (tertiary/aromatic N) is 2. The van der Waals surface area contributed by atoms with Crippen molar-refractivity contribution < 1.29 is 14.0 Å². The molecule has 2 atom stereocenters. The quantitative estimate of drug-likeness (QED) is 0.538. The number of hydrogen-bond acceptors (Lipinski definition) is 3. The fourth-order valence-electron chi connectivity index (χ4n) is 4.28. The number of benzene rings is 3. The van der Waals surface area contributed by atoms with E-state index in [1.54, 1.807) is 30.0 Å². The molecule has 2 heterocycles. The minimum absolute atomic E-state index is 0.181. The maximum Gasteiger partial charge on any atom is 0.269 e. The van der Waals surface area contributed by atoms with E-state index in [-0.39, 0.29) is 18.4 Å². The largest absolute Gasteiger partial charge is 0.304 e. The zero-order chi connectivity index (χ0) is 21.8. The van der Waals surface area contributed by atoms with Gasteiger partial charge in [-0.05, 0) is 48.9 Å². The summed E-state index contributed by atoms with van der Waals surface area (Å²) < 4.78 is 13.6. The summed E-state index contributed by atoms with van der Waals surface area (Å²) in [4.78, 5) is 29.2. The standard InChI is InChI=1S/C24H18ClFN2O2S/c1-15-22(29)28(18-12-10-17(26)11-13-18)24(31-15)19-7-3-5-9-21(19)27(23(24)30)14-16-6-2-4-8-20(16)25/h2-13,15H,14H2,1H3/t15-,24+/m1/s1. The molecule has 3 aromatic rings. The number of hydrogen-bond donors (Lipinski definition) is 0. The molecule has 4 nitrogen and oxygen atoms in total. The van der Waals surface area contributed by atoms with Crippen LogP contribution in [0.4, 0.5) is 15.8 Å². The van der Waals surface area contributed by atoms with Gasteiger partial charge >= 0.3 is 0 Å². The van der Waals surface area contributed by atoms with Gasteiger partial charge < -0.3 is 4.90 Å². The van der Waals surface area contributed by atoms with Crippen LogP contribution in [0.3, 0.4) is 0 Å². The second-order valence-electron chi connectivity index (χ2n) is 7.55. The number of rotatable bonds is 3. The average Bonchev–Trinajstić information content (AvgIpc) is 3.17. The zero-order valence-corrected chi connectivity index (χ0v) is 18.2. The third-order valence-corrected chi connectivity index (χ3v) is 7.54. The molecule has 0 aliphatic carbocycles. The molecular formula is C24H18ClFN2O2S. The molecule has 0 N–H and O–H groups in total. The third kappa shape index (κ3) is 2.97. The first kappa shape index (κ1) is 20.1. The van der Waals surface area contributed by atoms with E-state index < -0.39 is 15.9 Å². The second kappa shape index (κ2) is 7.39. The molecule has 31 heavy (non-hydrogen) atoms. The number of amides is 2. The Morgan fingerprint density at radius 3 is 2.42 bits per heavy atom. The third-order valence-electron chi connectivity index (χ3n) is 5.70. The summed E-state index contributed by atoms with van der Waals surface area (Å²) in [7, 11) is 0. The lowest BCUT2D eigenvalue weighted by molar-refractivity contribution is -0.124. The van der Waals surface area contributed by atoms with Crippen LogP contribution in [-0.2, 0) is 21.0 Å². The van der Waals surface area contributed by atoms with Crippen molar-refractivity contribution in [3.8, 4) is 0 Å². The number of anilines is 2. The fraction of sp³-hybridized carbons (Fsp3) is 0.167. The molecular weight excluding hydrogens is 435 g/mol. The Morgan fingerprint density at radius 1 is 1.00 bits per heavy atom. The van der Waals surface area contributed by atoms with Crippen molar-refractivity contribution in [3.63, 3.8) is 0 Å². The molecule has 0 saturated carbocycles.